The number of carbonyl (C=O) groups is 1. The van der Waals surface area contributed by atoms with E-state index in [1.807, 2.05) is 6.58 Å². The van der Waals surface area contributed by atoms with Crippen LogP contribution in [0, 0.1) is 0 Å². The van der Waals surface area contributed by atoms with Crippen LogP contribution in [-0.2, 0) is 9.53 Å². The molecule has 0 amide bonds. The number of carbonyl (C=O) groups excluding carboxylic acids is 1. The van der Waals surface area contributed by atoms with Crippen LogP contribution in [0.5, 0.6) is 0 Å². The molecule has 0 aromatic heterocycles. The fourth-order valence-corrected chi connectivity index (χ4v) is 1.79. The van der Waals surface area contributed by atoms with Crippen LogP contribution in [0.2, 0.25) is 0 Å². The first-order valence-corrected chi connectivity index (χ1v) is 7.31. The minimum atomic E-state index is -8.62. The number of halogens is 18. The molecule has 0 aliphatic rings. The number of hydrogen-bond acceptors (Lipinski definition) is 2. The second kappa shape index (κ2) is 8.31. The number of alkyl halides is 18. The van der Waals surface area contributed by atoms with Crippen molar-refractivity contribution in [1.82, 2.24) is 0 Å². The van der Waals surface area contributed by atoms with Gasteiger partial charge in [-0.1, -0.05) is 6.58 Å². The molecule has 0 fully saturated rings. The van der Waals surface area contributed by atoms with Crippen molar-refractivity contribution in [2.75, 3.05) is 6.61 Å². The molecule has 0 rings (SSSR count). The Morgan fingerprint density at radius 1 is 0.606 bits per heavy atom. The van der Waals surface area contributed by atoms with Crippen LogP contribution in [0.1, 0.15) is 6.42 Å². The summed E-state index contributed by atoms with van der Waals surface area (Å²) in [5, 5.41) is 0. The van der Waals surface area contributed by atoms with Crippen molar-refractivity contribution in [3.63, 3.8) is 0 Å². The molecular formula is C13H6F18O2. The lowest BCUT2D eigenvalue weighted by atomic mass is 9.85. The van der Waals surface area contributed by atoms with Gasteiger partial charge in [0.2, 0.25) is 0 Å². The summed E-state index contributed by atoms with van der Waals surface area (Å²) < 4.78 is 234. The van der Waals surface area contributed by atoms with Gasteiger partial charge in [-0.15, -0.1) is 0 Å². The second-order valence-electron chi connectivity index (χ2n) is 5.94. The van der Waals surface area contributed by atoms with Gasteiger partial charge in [-0.2, -0.15) is 74.6 Å². The summed E-state index contributed by atoms with van der Waals surface area (Å²) in [6, 6.07) is 0. The second-order valence-corrected chi connectivity index (χ2v) is 5.94. The van der Waals surface area contributed by atoms with Crippen LogP contribution >= 0.6 is 0 Å². The molecule has 196 valence electrons. The van der Waals surface area contributed by atoms with E-state index in [1.165, 1.54) is 0 Å². The molecule has 0 saturated heterocycles. The minimum absolute atomic E-state index is 2.03. The maximum absolute atomic E-state index is 13.4. The summed E-state index contributed by atoms with van der Waals surface area (Å²) in [5.41, 5.74) is -10.9. The Bertz CT molecular complexity index is 726. The van der Waals surface area contributed by atoms with Crippen LogP contribution in [0.15, 0.2) is 12.2 Å². The van der Waals surface area contributed by atoms with Gasteiger partial charge in [-0.25, -0.2) is 9.18 Å². The lowest BCUT2D eigenvalue weighted by Crippen LogP contribution is -2.75. The van der Waals surface area contributed by atoms with Crippen molar-refractivity contribution >= 4 is 5.97 Å². The van der Waals surface area contributed by atoms with Crippen LogP contribution in [-0.4, -0.2) is 60.5 Å². The van der Waals surface area contributed by atoms with Gasteiger partial charge in [0.1, 0.15) is 5.57 Å². The Morgan fingerprint density at radius 2 is 0.970 bits per heavy atom. The molecule has 0 aliphatic carbocycles. The van der Waals surface area contributed by atoms with Gasteiger partial charge in [0.05, 0.1) is 13.0 Å². The Morgan fingerprint density at radius 3 is 1.27 bits per heavy atom. The smallest absolute Gasteiger partial charge is 0.438 e. The van der Waals surface area contributed by atoms with Gasteiger partial charge in [0.25, 0.3) is 0 Å². The summed E-state index contributed by atoms with van der Waals surface area (Å²) in [6.45, 7) is -0.408. The monoisotopic (exact) mass is 536 g/mol. The molecule has 0 N–H and O–H groups in total. The van der Waals surface area contributed by atoms with Gasteiger partial charge < -0.3 is 4.74 Å². The third-order valence-corrected chi connectivity index (χ3v) is 3.70. The molecule has 0 heterocycles. The zero-order chi connectivity index (χ0) is 27.3. The predicted molar refractivity (Wildman–Crippen MR) is 66.5 cm³/mol. The summed E-state index contributed by atoms with van der Waals surface area (Å²) in [5.74, 6) is -34.4. The van der Waals surface area contributed by atoms with Gasteiger partial charge in [0, 0.05) is 0 Å². The molecule has 0 unspecified atom stereocenters. The molecule has 0 saturated carbocycles. The minimum Gasteiger partial charge on any atom is -0.462 e. The zero-order valence-electron chi connectivity index (χ0n) is 14.7. The van der Waals surface area contributed by atoms with E-state index in [-0.39, 0.29) is 0 Å². The third kappa shape index (κ3) is 4.92. The SMILES string of the molecule is C=C(C(=O)OCCC(F)(F)C(F)(F)C(F)(F)C(F)(F)C(F)(C(F)(F)F)C(F)(F)F)C(F)(F)F. The van der Waals surface area contributed by atoms with E-state index >= 15 is 0 Å². The van der Waals surface area contributed by atoms with E-state index < -0.39 is 72.5 Å². The van der Waals surface area contributed by atoms with Gasteiger partial charge in [-0.05, 0) is 0 Å². The number of rotatable bonds is 8. The van der Waals surface area contributed by atoms with Crippen molar-refractivity contribution in [3.8, 4) is 0 Å². The fourth-order valence-electron chi connectivity index (χ4n) is 1.79. The highest BCUT2D eigenvalue weighted by Crippen LogP contribution is 2.64. The Balaban J connectivity index is 6.14. The zero-order valence-corrected chi connectivity index (χ0v) is 14.7. The molecule has 0 radical (unpaired) electrons. The molecule has 20 heteroatoms. The molecule has 0 aromatic carbocycles. The summed E-state index contributed by atoms with van der Waals surface area (Å²) in [6.07, 6.45) is -24.9. The highest BCUT2D eigenvalue weighted by molar-refractivity contribution is 5.89. The number of esters is 1. The normalized spacial score (nSPS) is 15.5. The van der Waals surface area contributed by atoms with Crippen LogP contribution in [0.4, 0.5) is 79.0 Å². The molecule has 33 heavy (non-hydrogen) atoms. The van der Waals surface area contributed by atoms with Crippen molar-refractivity contribution in [2.45, 2.75) is 54.3 Å². The highest BCUT2D eigenvalue weighted by atomic mass is 19.4. The van der Waals surface area contributed by atoms with Crippen LogP contribution in [0.3, 0.4) is 0 Å². The molecule has 0 spiro atoms. The lowest BCUT2D eigenvalue weighted by Gasteiger charge is -2.43. The molecule has 2 nitrogen and oxygen atoms in total. The fraction of sp³-hybridized carbons (Fsp3) is 0.769. The Kier molecular flexibility index (Phi) is 7.80. The maximum atomic E-state index is 13.4. The molecule has 0 bridgehead atoms. The van der Waals surface area contributed by atoms with Crippen molar-refractivity contribution in [1.29, 1.82) is 0 Å². The topological polar surface area (TPSA) is 26.3 Å². The van der Waals surface area contributed by atoms with E-state index in [2.05, 4.69) is 4.74 Å². The molecule has 0 aliphatic heterocycles. The quantitative estimate of drug-likeness (QED) is 0.204. The predicted octanol–water partition coefficient (Wildman–Crippen LogP) is 6.41. The van der Waals surface area contributed by atoms with Crippen molar-refractivity contribution in [3.05, 3.63) is 12.2 Å². The first-order chi connectivity index (χ1) is 14.0. The van der Waals surface area contributed by atoms with E-state index in [0.717, 1.165) is 0 Å². The largest absolute Gasteiger partial charge is 0.462 e. The standard InChI is InChI=1S/C13H6F18O2/c1-4(7(16,17)18)5(32)33-3-2-6(14,15)9(20,21)11(24,25)10(22,23)8(19,12(26,27)28)13(29,30)31/h1-3H2. The highest BCUT2D eigenvalue weighted by Gasteiger charge is 2.95. The Hall–Kier alpha value is -2.05. The Labute approximate surface area is 169 Å². The lowest BCUT2D eigenvalue weighted by molar-refractivity contribution is -0.457. The van der Waals surface area contributed by atoms with E-state index in [9.17, 15) is 83.8 Å². The van der Waals surface area contributed by atoms with Gasteiger partial charge in [-0.3, -0.25) is 0 Å². The average Bonchev–Trinajstić information content (AvgIpc) is 2.56. The summed E-state index contributed by atoms with van der Waals surface area (Å²) in [7, 11) is 0. The molecular weight excluding hydrogens is 530 g/mol. The van der Waals surface area contributed by atoms with Crippen LogP contribution in [0.25, 0.3) is 0 Å². The third-order valence-electron chi connectivity index (χ3n) is 3.70. The number of ether oxygens (including phenoxy) is 1. The maximum Gasteiger partial charge on any atom is 0.438 e. The van der Waals surface area contributed by atoms with E-state index in [1.54, 1.807) is 0 Å². The van der Waals surface area contributed by atoms with Gasteiger partial charge >= 0.3 is 53.9 Å². The molecule has 0 atom stereocenters. The van der Waals surface area contributed by atoms with E-state index in [0.29, 0.717) is 0 Å². The van der Waals surface area contributed by atoms with Crippen molar-refractivity contribution < 1.29 is 88.6 Å². The first-order valence-electron chi connectivity index (χ1n) is 7.31. The van der Waals surface area contributed by atoms with Gasteiger partial charge in [0.15, 0.2) is 0 Å². The average molecular weight is 536 g/mol. The molecule has 0 aromatic rings. The van der Waals surface area contributed by atoms with E-state index in [4.69, 9.17) is 0 Å². The summed E-state index contributed by atoms with van der Waals surface area (Å²) >= 11 is 0. The number of hydrogen-bond donors (Lipinski definition) is 0. The van der Waals surface area contributed by atoms with Crippen molar-refractivity contribution in [2.24, 2.45) is 0 Å². The first kappa shape index (κ1) is 30.9. The summed E-state index contributed by atoms with van der Waals surface area (Å²) in [4.78, 5) is 10.8. The van der Waals surface area contributed by atoms with Crippen LogP contribution < -0.4 is 0 Å².